The number of hydrogen-bond acceptors (Lipinski definition) is 2. The van der Waals surface area contributed by atoms with Crippen LogP contribution in [0.25, 0.3) is 0 Å². The number of benzene rings is 2. The van der Waals surface area contributed by atoms with Crippen molar-refractivity contribution < 1.29 is 9.18 Å². The third-order valence-corrected chi connectivity index (χ3v) is 4.02. The van der Waals surface area contributed by atoms with Gasteiger partial charge >= 0.3 is 0 Å². The van der Waals surface area contributed by atoms with Crippen LogP contribution in [0.2, 0.25) is 5.02 Å². The van der Waals surface area contributed by atoms with Crippen molar-refractivity contribution in [3.05, 3.63) is 63.9 Å². The summed E-state index contributed by atoms with van der Waals surface area (Å²) in [6.45, 7) is 0. The molecular formula is C16H14ClFN2O. The van der Waals surface area contributed by atoms with Crippen LogP contribution < -0.4 is 11.1 Å². The number of carbonyl (C=O) groups is 1. The number of halogens is 2. The lowest BCUT2D eigenvalue weighted by Gasteiger charge is -2.20. The molecule has 21 heavy (non-hydrogen) atoms. The fraction of sp³-hybridized carbons (Fsp3) is 0.188. The van der Waals surface area contributed by atoms with E-state index in [4.69, 9.17) is 17.3 Å². The first-order valence-electron chi connectivity index (χ1n) is 6.68. The summed E-state index contributed by atoms with van der Waals surface area (Å²) < 4.78 is 14.0. The van der Waals surface area contributed by atoms with E-state index >= 15 is 0 Å². The molecule has 1 aliphatic heterocycles. The highest BCUT2D eigenvalue weighted by Crippen LogP contribution is 2.32. The first-order chi connectivity index (χ1) is 10.1. The summed E-state index contributed by atoms with van der Waals surface area (Å²) in [5, 5.41) is 3.12. The summed E-state index contributed by atoms with van der Waals surface area (Å²) in [6.07, 6.45) is 1.11. The van der Waals surface area contributed by atoms with Gasteiger partial charge in [-0.15, -0.1) is 0 Å². The van der Waals surface area contributed by atoms with Crippen LogP contribution in [0, 0.1) is 5.82 Å². The quantitative estimate of drug-likeness (QED) is 0.893. The molecule has 0 aromatic heterocycles. The highest BCUT2D eigenvalue weighted by atomic mass is 35.5. The third-order valence-electron chi connectivity index (χ3n) is 3.69. The van der Waals surface area contributed by atoms with E-state index in [0.29, 0.717) is 23.4 Å². The summed E-state index contributed by atoms with van der Waals surface area (Å²) in [5.74, 6) is -0.405. The molecule has 1 aliphatic rings. The molecule has 108 valence electrons. The maximum atomic E-state index is 14.0. The second-order valence-corrected chi connectivity index (χ2v) is 5.48. The minimum atomic E-state index is -0.637. The van der Waals surface area contributed by atoms with Crippen molar-refractivity contribution >= 4 is 23.2 Å². The van der Waals surface area contributed by atoms with Crippen molar-refractivity contribution in [3.63, 3.8) is 0 Å². The number of nitrogens with two attached hydrogens (primary N) is 1. The Morgan fingerprint density at radius 3 is 2.81 bits per heavy atom. The average Bonchev–Trinajstić information content (AvgIpc) is 2.46. The number of aryl methyl sites for hydroxylation is 1. The number of anilines is 1. The molecule has 2 aromatic carbocycles. The van der Waals surface area contributed by atoms with Crippen molar-refractivity contribution in [2.45, 2.75) is 18.9 Å². The van der Waals surface area contributed by atoms with Crippen molar-refractivity contribution in [2.24, 2.45) is 5.73 Å². The van der Waals surface area contributed by atoms with Gasteiger partial charge in [0.1, 0.15) is 5.82 Å². The predicted octanol–water partition coefficient (Wildman–Crippen LogP) is 3.41. The average molecular weight is 305 g/mol. The summed E-state index contributed by atoms with van der Waals surface area (Å²) in [7, 11) is 0. The molecule has 0 saturated carbocycles. The molecule has 1 unspecified atom stereocenters. The summed E-state index contributed by atoms with van der Waals surface area (Å²) in [4.78, 5) is 11.4. The topological polar surface area (TPSA) is 55.1 Å². The van der Waals surface area contributed by atoms with E-state index in [1.54, 1.807) is 24.3 Å². The van der Waals surface area contributed by atoms with Crippen LogP contribution >= 0.6 is 11.6 Å². The summed E-state index contributed by atoms with van der Waals surface area (Å²) >= 11 is 6.06. The monoisotopic (exact) mass is 304 g/mol. The SMILES string of the molecule is NC(c1ccc2c(c1)CCC(=O)N2)c1c(F)cccc1Cl. The minimum Gasteiger partial charge on any atom is -0.326 e. The highest BCUT2D eigenvalue weighted by molar-refractivity contribution is 6.31. The molecule has 0 bridgehead atoms. The molecular weight excluding hydrogens is 291 g/mol. The van der Waals surface area contributed by atoms with E-state index in [9.17, 15) is 9.18 Å². The zero-order valence-corrected chi connectivity index (χ0v) is 12.0. The molecule has 0 aliphatic carbocycles. The first kappa shape index (κ1) is 14.0. The van der Waals surface area contributed by atoms with Crippen LogP contribution in [0.5, 0.6) is 0 Å². The molecule has 0 spiro atoms. The first-order valence-corrected chi connectivity index (χ1v) is 7.06. The molecule has 1 heterocycles. The second kappa shape index (κ2) is 5.47. The lowest BCUT2D eigenvalue weighted by atomic mass is 9.94. The van der Waals surface area contributed by atoms with Crippen molar-refractivity contribution in [3.8, 4) is 0 Å². The normalized spacial score (nSPS) is 15.3. The van der Waals surface area contributed by atoms with Crippen LogP contribution in [-0.4, -0.2) is 5.91 Å². The number of fused-ring (bicyclic) bond motifs is 1. The number of carbonyl (C=O) groups excluding carboxylic acids is 1. The maximum absolute atomic E-state index is 14.0. The highest BCUT2D eigenvalue weighted by Gasteiger charge is 2.20. The number of nitrogens with one attached hydrogen (secondary N) is 1. The molecule has 0 saturated heterocycles. The smallest absolute Gasteiger partial charge is 0.224 e. The van der Waals surface area contributed by atoms with Crippen LogP contribution in [0.15, 0.2) is 36.4 Å². The Hall–Kier alpha value is -1.91. The van der Waals surface area contributed by atoms with Crippen LogP contribution in [0.4, 0.5) is 10.1 Å². The maximum Gasteiger partial charge on any atom is 0.224 e. The molecule has 1 amide bonds. The lowest BCUT2D eigenvalue weighted by Crippen LogP contribution is -2.20. The van der Waals surface area contributed by atoms with Gasteiger partial charge in [0.05, 0.1) is 6.04 Å². The Morgan fingerprint density at radius 2 is 2.05 bits per heavy atom. The Balaban J connectivity index is 1.99. The lowest BCUT2D eigenvalue weighted by molar-refractivity contribution is -0.116. The van der Waals surface area contributed by atoms with Gasteiger partial charge in [-0.05, 0) is 35.7 Å². The predicted molar refractivity (Wildman–Crippen MR) is 80.8 cm³/mol. The van der Waals surface area contributed by atoms with E-state index < -0.39 is 11.9 Å². The molecule has 3 rings (SSSR count). The second-order valence-electron chi connectivity index (χ2n) is 5.08. The Morgan fingerprint density at radius 1 is 1.24 bits per heavy atom. The van der Waals surface area contributed by atoms with Gasteiger partial charge < -0.3 is 11.1 Å². The van der Waals surface area contributed by atoms with Gasteiger partial charge in [0.25, 0.3) is 0 Å². The largest absolute Gasteiger partial charge is 0.326 e. The van der Waals surface area contributed by atoms with Gasteiger partial charge in [-0.3, -0.25) is 4.79 Å². The van der Waals surface area contributed by atoms with Gasteiger partial charge in [-0.2, -0.15) is 0 Å². The molecule has 5 heteroatoms. The molecule has 0 fully saturated rings. The van der Waals surface area contributed by atoms with Gasteiger partial charge in [0.15, 0.2) is 0 Å². The summed E-state index contributed by atoms with van der Waals surface area (Å²) in [6, 6.07) is 9.38. The van der Waals surface area contributed by atoms with Crippen LogP contribution in [-0.2, 0) is 11.2 Å². The molecule has 3 nitrogen and oxygen atoms in total. The Kier molecular flexibility index (Phi) is 3.66. The molecule has 0 radical (unpaired) electrons. The standard InChI is InChI=1S/C16H14ClFN2O/c17-11-2-1-3-12(18)15(11)16(19)10-4-6-13-9(8-10)5-7-14(21)20-13/h1-4,6,8,16H,5,7,19H2,(H,20,21). The molecule has 3 N–H and O–H groups in total. The van der Waals surface area contributed by atoms with Gasteiger partial charge in [-0.25, -0.2) is 4.39 Å². The van der Waals surface area contributed by atoms with Gasteiger partial charge in [0, 0.05) is 22.7 Å². The molecule has 1 atom stereocenters. The summed E-state index contributed by atoms with van der Waals surface area (Å²) in [5.41, 5.74) is 9.03. The minimum absolute atomic E-state index is 0.0108. The van der Waals surface area contributed by atoms with Crippen molar-refractivity contribution in [1.82, 2.24) is 0 Å². The number of rotatable bonds is 2. The van der Waals surface area contributed by atoms with Crippen LogP contribution in [0.1, 0.15) is 29.2 Å². The zero-order chi connectivity index (χ0) is 15.0. The number of amides is 1. The molecule has 2 aromatic rings. The Bertz CT molecular complexity index is 697. The fourth-order valence-corrected chi connectivity index (χ4v) is 2.85. The van der Waals surface area contributed by atoms with Crippen LogP contribution in [0.3, 0.4) is 0 Å². The van der Waals surface area contributed by atoms with Crippen molar-refractivity contribution in [1.29, 1.82) is 0 Å². The third kappa shape index (κ3) is 2.64. The van der Waals surface area contributed by atoms with Gasteiger partial charge in [-0.1, -0.05) is 29.8 Å². The van der Waals surface area contributed by atoms with E-state index in [-0.39, 0.29) is 5.91 Å². The van der Waals surface area contributed by atoms with E-state index in [1.165, 1.54) is 6.07 Å². The Labute approximate surface area is 126 Å². The van der Waals surface area contributed by atoms with Crippen molar-refractivity contribution in [2.75, 3.05) is 5.32 Å². The van der Waals surface area contributed by atoms with E-state index in [1.807, 2.05) is 6.07 Å². The zero-order valence-electron chi connectivity index (χ0n) is 11.2. The van der Waals surface area contributed by atoms with E-state index in [0.717, 1.165) is 16.8 Å². The van der Waals surface area contributed by atoms with E-state index in [2.05, 4.69) is 5.32 Å². The fourth-order valence-electron chi connectivity index (χ4n) is 2.57. The number of hydrogen-bond donors (Lipinski definition) is 2. The van der Waals surface area contributed by atoms with Gasteiger partial charge in [0.2, 0.25) is 5.91 Å².